The summed E-state index contributed by atoms with van der Waals surface area (Å²) in [7, 11) is 0. The molecule has 0 spiro atoms. The van der Waals surface area contributed by atoms with Crippen molar-refractivity contribution in [1.82, 2.24) is 0 Å². The summed E-state index contributed by atoms with van der Waals surface area (Å²) in [5.41, 5.74) is 1.37. The molecule has 1 rings (SSSR count). The first-order valence-electron chi connectivity index (χ1n) is 2.58. The van der Waals surface area contributed by atoms with E-state index in [0.29, 0.717) is 0 Å². The van der Waals surface area contributed by atoms with Crippen molar-refractivity contribution in [3.63, 3.8) is 0 Å². The van der Waals surface area contributed by atoms with E-state index in [1.807, 2.05) is 0 Å². The summed E-state index contributed by atoms with van der Waals surface area (Å²) < 4.78 is 1.37. The predicted molar refractivity (Wildman–Crippen MR) is 36.6 cm³/mol. The van der Waals surface area contributed by atoms with Crippen molar-refractivity contribution in [3.8, 4) is 0 Å². The Morgan fingerprint density at radius 2 is 1.88 bits per heavy atom. The van der Waals surface area contributed by atoms with Crippen LogP contribution in [0.3, 0.4) is 0 Å². The Morgan fingerprint density at radius 1 is 1.25 bits per heavy atom. The molecule has 0 fully saturated rings. The van der Waals surface area contributed by atoms with Gasteiger partial charge in [-0.1, -0.05) is 0 Å². The number of hydrogen-bond donors (Lipinski definition) is 0. The summed E-state index contributed by atoms with van der Waals surface area (Å²) >= 11 is 2.12. The normalized spacial score (nSPS) is 9.25. The van der Waals surface area contributed by atoms with E-state index in [2.05, 4.69) is 47.7 Å². The van der Waals surface area contributed by atoms with Crippen LogP contribution in [0.2, 0.25) is 0 Å². The number of benzene rings is 1. The summed E-state index contributed by atoms with van der Waals surface area (Å²) in [6, 6.07) is 8.36. The van der Waals surface area contributed by atoms with E-state index in [1.165, 1.54) is 9.96 Å². The molecule has 0 N–H and O–H groups in total. The molecule has 0 nitrogen and oxygen atoms in total. The standard InChI is InChI=1S/C7H7Ge/c1-6-4-2-3-5-7(6)8/h2-5H,1H3. The molecule has 8 heavy (non-hydrogen) atoms. The predicted octanol–water partition coefficient (Wildman–Crippen LogP) is 0.789. The van der Waals surface area contributed by atoms with Gasteiger partial charge in [-0.25, -0.2) is 0 Å². The number of rotatable bonds is 0. The van der Waals surface area contributed by atoms with Crippen molar-refractivity contribution >= 4 is 20.9 Å². The van der Waals surface area contributed by atoms with Gasteiger partial charge in [-0.2, -0.15) is 0 Å². The molecule has 0 aliphatic carbocycles. The Bertz CT molecular complexity index is 160. The summed E-state index contributed by atoms with van der Waals surface area (Å²) in [5, 5.41) is 0. The monoisotopic (exact) mass is 165 g/mol. The summed E-state index contributed by atoms with van der Waals surface area (Å²) in [5.74, 6) is 0. The molecule has 0 saturated heterocycles. The zero-order chi connectivity index (χ0) is 5.98. The van der Waals surface area contributed by atoms with Crippen LogP contribution in [0.25, 0.3) is 0 Å². The van der Waals surface area contributed by atoms with E-state index < -0.39 is 0 Å². The minimum atomic E-state index is 1.37. The summed E-state index contributed by atoms with van der Waals surface area (Å²) in [6.07, 6.45) is 0. The van der Waals surface area contributed by atoms with E-state index in [0.717, 1.165) is 0 Å². The molecule has 0 aliphatic rings. The third-order valence-corrected chi connectivity index (χ3v) is 2.32. The second-order valence-electron chi connectivity index (χ2n) is 1.81. The topological polar surface area (TPSA) is 0 Å². The fraction of sp³-hybridized carbons (Fsp3) is 0.143. The van der Waals surface area contributed by atoms with Gasteiger partial charge < -0.3 is 0 Å². The molecule has 0 saturated carbocycles. The molecule has 1 aromatic carbocycles. The van der Waals surface area contributed by atoms with Gasteiger partial charge in [-0.05, 0) is 0 Å². The van der Waals surface area contributed by atoms with Gasteiger partial charge in [0.15, 0.2) is 0 Å². The molecule has 0 unspecified atom stereocenters. The van der Waals surface area contributed by atoms with Gasteiger partial charge in [0, 0.05) is 0 Å². The zero-order valence-corrected chi connectivity index (χ0v) is 6.91. The van der Waals surface area contributed by atoms with Crippen LogP contribution in [0.4, 0.5) is 0 Å². The van der Waals surface area contributed by atoms with Gasteiger partial charge in [-0.15, -0.1) is 0 Å². The van der Waals surface area contributed by atoms with Gasteiger partial charge in [0.2, 0.25) is 0 Å². The van der Waals surface area contributed by atoms with Crippen molar-refractivity contribution in [2.24, 2.45) is 0 Å². The molecule has 3 radical (unpaired) electrons. The molecular weight excluding hydrogens is 157 g/mol. The van der Waals surface area contributed by atoms with Gasteiger partial charge in [0.25, 0.3) is 0 Å². The average Bonchev–Trinajstić information content (AvgIpc) is 1.77. The average molecular weight is 164 g/mol. The third kappa shape index (κ3) is 1.13. The van der Waals surface area contributed by atoms with Crippen LogP contribution in [0, 0.1) is 6.92 Å². The minimum absolute atomic E-state index is 1.37. The van der Waals surface area contributed by atoms with Crippen molar-refractivity contribution < 1.29 is 0 Å². The quantitative estimate of drug-likeness (QED) is 0.497. The van der Waals surface area contributed by atoms with Crippen molar-refractivity contribution in [3.05, 3.63) is 29.8 Å². The van der Waals surface area contributed by atoms with Crippen LogP contribution in [0.15, 0.2) is 24.3 Å². The fourth-order valence-electron chi connectivity index (χ4n) is 0.573. The van der Waals surface area contributed by atoms with E-state index in [-0.39, 0.29) is 0 Å². The van der Waals surface area contributed by atoms with Crippen LogP contribution in [0.1, 0.15) is 5.56 Å². The third-order valence-electron chi connectivity index (χ3n) is 1.15. The molecule has 0 aromatic heterocycles. The van der Waals surface area contributed by atoms with Crippen LogP contribution in [-0.2, 0) is 0 Å². The molecule has 0 aliphatic heterocycles. The van der Waals surface area contributed by atoms with E-state index in [9.17, 15) is 0 Å². The van der Waals surface area contributed by atoms with E-state index in [1.54, 1.807) is 0 Å². The second kappa shape index (κ2) is 2.36. The molecule has 0 amide bonds. The van der Waals surface area contributed by atoms with Gasteiger partial charge in [0.1, 0.15) is 0 Å². The maximum atomic E-state index is 2.12. The first-order chi connectivity index (χ1) is 3.80. The molecule has 1 aromatic rings. The van der Waals surface area contributed by atoms with E-state index >= 15 is 0 Å². The van der Waals surface area contributed by atoms with Crippen LogP contribution in [-0.4, -0.2) is 16.5 Å². The van der Waals surface area contributed by atoms with Crippen LogP contribution < -0.4 is 4.40 Å². The maximum absolute atomic E-state index is 2.12. The number of hydrogen-bond acceptors (Lipinski definition) is 0. The van der Waals surface area contributed by atoms with Gasteiger partial charge in [-0.3, -0.25) is 0 Å². The molecule has 39 valence electrons. The van der Waals surface area contributed by atoms with E-state index in [4.69, 9.17) is 0 Å². The van der Waals surface area contributed by atoms with Crippen LogP contribution in [0.5, 0.6) is 0 Å². The first kappa shape index (κ1) is 5.89. The van der Waals surface area contributed by atoms with Crippen molar-refractivity contribution in [2.75, 3.05) is 0 Å². The van der Waals surface area contributed by atoms with Gasteiger partial charge in [0.05, 0.1) is 0 Å². The fourth-order valence-corrected chi connectivity index (χ4v) is 0.950. The Balaban J connectivity index is 3.13. The Hall–Kier alpha value is -0.237. The van der Waals surface area contributed by atoms with Crippen molar-refractivity contribution in [2.45, 2.75) is 6.92 Å². The van der Waals surface area contributed by atoms with Crippen LogP contribution >= 0.6 is 0 Å². The molecule has 1 heteroatoms. The second-order valence-corrected chi connectivity index (χ2v) is 2.95. The summed E-state index contributed by atoms with van der Waals surface area (Å²) in [4.78, 5) is 0. The Kier molecular flexibility index (Phi) is 1.74. The molecular formula is C7H7Ge. The zero-order valence-electron chi connectivity index (χ0n) is 4.81. The molecule has 0 bridgehead atoms. The molecule has 0 atom stereocenters. The molecule has 0 heterocycles. The SMILES string of the molecule is Cc1cccc[c]1[Ge]. The number of aryl methyl sites for hydroxylation is 1. The van der Waals surface area contributed by atoms with Gasteiger partial charge >= 0.3 is 57.7 Å². The Morgan fingerprint density at radius 3 is 2.25 bits per heavy atom. The first-order valence-corrected chi connectivity index (χ1v) is 3.63. The van der Waals surface area contributed by atoms with Crippen molar-refractivity contribution in [1.29, 1.82) is 0 Å². The summed E-state index contributed by atoms with van der Waals surface area (Å²) in [6.45, 7) is 2.12. The Labute approximate surface area is 58.1 Å².